The maximum atomic E-state index is 5.78. The van der Waals surface area contributed by atoms with Crippen molar-refractivity contribution in [3.8, 4) is 0 Å². The number of hydrazine groups is 1. The molecule has 4 heteroatoms. The van der Waals surface area contributed by atoms with Crippen LogP contribution in [0.5, 0.6) is 0 Å². The van der Waals surface area contributed by atoms with E-state index in [2.05, 4.69) is 55.6 Å². The molecule has 0 spiro atoms. The van der Waals surface area contributed by atoms with Crippen molar-refractivity contribution < 1.29 is 0 Å². The number of hydrogen-bond donors (Lipinski definition) is 2. The van der Waals surface area contributed by atoms with E-state index in [-0.39, 0.29) is 6.04 Å². The van der Waals surface area contributed by atoms with E-state index >= 15 is 0 Å². The Kier molecular flexibility index (Phi) is 4.57. The van der Waals surface area contributed by atoms with E-state index in [1.54, 1.807) is 0 Å². The molecule has 0 fully saturated rings. The van der Waals surface area contributed by atoms with Gasteiger partial charge in [0.15, 0.2) is 0 Å². The quantitative estimate of drug-likeness (QED) is 0.649. The summed E-state index contributed by atoms with van der Waals surface area (Å²) in [5, 5.41) is 4.50. The molecule has 0 amide bonds. The van der Waals surface area contributed by atoms with Crippen molar-refractivity contribution in [2.24, 2.45) is 12.9 Å². The molecule has 4 nitrogen and oxygen atoms in total. The third-order valence-electron chi connectivity index (χ3n) is 4.03. The number of aryl methyl sites for hydroxylation is 3. The summed E-state index contributed by atoms with van der Waals surface area (Å²) in [5.41, 5.74) is 9.12. The summed E-state index contributed by atoms with van der Waals surface area (Å²) in [5.74, 6) is 5.78. The molecule has 0 bridgehead atoms. The number of aromatic nitrogens is 2. The molecule has 0 saturated carbocycles. The van der Waals surface area contributed by atoms with Gasteiger partial charge < -0.3 is 0 Å². The Hall–Kier alpha value is -1.65. The summed E-state index contributed by atoms with van der Waals surface area (Å²) in [7, 11) is 1.99. The minimum atomic E-state index is 0.106. The minimum absolute atomic E-state index is 0.106. The first kappa shape index (κ1) is 14.8. The van der Waals surface area contributed by atoms with Gasteiger partial charge in [-0.05, 0) is 43.0 Å². The number of nitrogens with zero attached hydrogens (tertiary/aromatic N) is 2. The Morgan fingerprint density at radius 2 is 2.10 bits per heavy atom. The summed E-state index contributed by atoms with van der Waals surface area (Å²) < 4.78 is 1.95. The molecule has 3 N–H and O–H groups in total. The van der Waals surface area contributed by atoms with Crippen molar-refractivity contribution >= 4 is 0 Å². The van der Waals surface area contributed by atoms with E-state index in [0.717, 1.165) is 18.5 Å². The molecule has 0 radical (unpaired) electrons. The predicted octanol–water partition coefficient (Wildman–Crippen LogP) is 2.35. The maximum absolute atomic E-state index is 5.78. The van der Waals surface area contributed by atoms with Crippen LogP contribution in [0, 0.1) is 13.8 Å². The second-order valence-electron chi connectivity index (χ2n) is 5.32. The highest BCUT2D eigenvalue weighted by molar-refractivity contribution is 5.36. The predicted molar refractivity (Wildman–Crippen MR) is 82.3 cm³/mol. The zero-order chi connectivity index (χ0) is 14.7. The van der Waals surface area contributed by atoms with Crippen LogP contribution < -0.4 is 11.3 Å². The Labute approximate surface area is 121 Å². The Balaban J connectivity index is 2.28. The van der Waals surface area contributed by atoms with Crippen LogP contribution in [-0.2, 0) is 19.9 Å². The number of rotatable bonds is 5. The smallest absolute Gasteiger partial charge is 0.0624 e. The molecule has 1 aromatic carbocycles. The summed E-state index contributed by atoms with van der Waals surface area (Å²) in [4.78, 5) is 0. The van der Waals surface area contributed by atoms with Crippen LogP contribution in [0.3, 0.4) is 0 Å². The lowest BCUT2D eigenvalue weighted by atomic mass is 9.95. The topological polar surface area (TPSA) is 55.9 Å². The number of nitrogens with two attached hydrogens (primary N) is 1. The fraction of sp³-hybridized carbons (Fsp3) is 0.438. The van der Waals surface area contributed by atoms with Gasteiger partial charge in [-0.25, -0.2) is 0 Å². The molecule has 0 aliphatic carbocycles. The molecule has 0 saturated heterocycles. The minimum Gasteiger partial charge on any atom is -0.272 e. The second-order valence-corrected chi connectivity index (χ2v) is 5.32. The van der Waals surface area contributed by atoms with Gasteiger partial charge in [-0.15, -0.1) is 0 Å². The molecule has 2 rings (SSSR count). The van der Waals surface area contributed by atoms with Gasteiger partial charge in [0.1, 0.15) is 0 Å². The van der Waals surface area contributed by atoms with Crippen LogP contribution in [0.15, 0.2) is 24.3 Å². The van der Waals surface area contributed by atoms with Crippen molar-refractivity contribution in [3.05, 3.63) is 52.3 Å². The number of hydrogen-bond acceptors (Lipinski definition) is 3. The van der Waals surface area contributed by atoms with Gasteiger partial charge in [-0.1, -0.05) is 25.1 Å². The fourth-order valence-electron chi connectivity index (χ4n) is 2.55. The monoisotopic (exact) mass is 272 g/mol. The van der Waals surface area contributed by atoms with E-state index in [9.17, 15) is 0 Å². The van der Waals surface area contributed by atoms with Gasteiger partial charge in [-0.2, -0.15) is 5.10 Å². The third-order valence-corrected chi connectivity index (χ3v) is 4.03. The molecule has 0 aliphatic heterocycles. The highest BCUT2D eigenvalue weighted by atomic mass is 15.3. The van der Waals surface area contributed by atoms with Crippen molar-refractivity contribution in [3.63, 3.8) is 0 Å². The van der Waals surface area contributed by atoms with Gasteiger partial charge in [0.05, 0.1) is 11.7 Å². The van der Waals surface area contributed by atoms with E-state index < -0.39 is 0 Å². The van der Waals surface area contributed by atoms with Crippen LogP contribution >= 0.6 is 0 Å². The first-order chi connectivity index (χ1) is 9.56. The lowest BCUT2D eigenvalue weighted by Gasteiger charge is -2.19. The molecule has 108 valence electrons. The highest BCUT2D eigenvalue weighted by Gasteiger charge is 2.16. The average molecular weight is 272 g/mol. The third kappa shape index (κ3) is 2.92. The van der Waals surface area contributed by atoms with Gasteiger partial charge >= 0.3 is 0 Å². The van der Waals surface area contributed by atoms with Gasteiger partial charge in [0.25, 0.3) is 0 Å². The van der Waals surface area contributed by atoms with Crippen molar-refractivity contribution in [2.45, 2.75) is 39.7 Å². The fourth-order valence-corrected chi connectivity index (χ4v) is 2.55. The van der Waals surface area contributed by atoms with E-state index in [4.69, 9.17) is 5.84 Å². The van der Waals surface area contributed by atoms with Crippen molar-refractivity contribution in [2.75, 3.05) is 0 Å². The maximum Gasteiger partial charge on any atom is 0.0624 e. The SMILES string of the molecule is CCc1cc(CC(NN)c2cccc(C)c2C)n(C)n1. The largest absolute Gasteiger partial charge is 0.272 e. The normalized spacial score (nSPS) is 12.7. The zero-order valence-electron chi connectivity index (χ0n) is 12.8. The molecule has 2 aromatic rings. The van der Waals surface area contributed by atoms with Crippen LogP contribution in [0.2, 0.25) is 0 Å². The summed E-state index contributed by atoms with van der Waals surface area (Å²) >= 11 is 0. The summed E-state index contributed by atoms with van der Waals surface area (Å²) in [6.07, 6.45) is 1.79. The first-order valence-corrected chi connectivity index (χ1v) is 7.10. The summed E-state index contributed by atoms with van der Waals surface area (Å²) in [6.45, 7) is 6.40. The molecule has 1 heterocycles. The second kappa shape index (κ2) is 6.20. The van der Waals surface area contributed by atoms with Crippen LogP contribution in [-0.4, -0.2) is 9.78 Å². The lowest BCUT2D eigenvalue weighted by Crippen LogP contribution is -2.30. The van der Waals surface area contributed by atoms with Crippen LogP contribution in [0.4, 0.5) is 0 Å². The molecule has 1 unspecified atom stereocenters. The van der Waals surface area contributed by atoms with Gasteiger partial charge in [0, 0.05) is 19.2 Å². The van der Waals surface area contributed by atoms with E-state index in [1.807, 2.05) is 11.7 Å². The van der Waals surface area contributed by atoms with Gasteiger partial charge in [0.2, 0.25) is 0 Å². The standard InChI is InChI=1S/C16H24N4/c1-5-13-9-14(20(4)19-13)10-16(18-17)15-8-6-7-11(2)12(15)3/h6-9,16,18H,5,10,17H2,1-4H3. The molecule has 0 aliphatic rings. The van der Waals surface area contributed by atoms with E-state index in [0.29, 0.717) is 0 Å². The van der Waals surface area contributed by atoms with Crippen molar-refractivity contribution in [1.82, 2.24) is 15.2 Å². The molecule has 20 heavy (non-hydrogen) atoms. The zero-order valence-corrected chi connectivity index (χ0v) is 12.8. The van der Waals surface area contributed by atoms with Gasteiger partial charge in [-0.3, -0.25) is 16.0 Å². The Morgan fingerprint density at radius 3 is 2.70 bits per heavy atom. The van der Waals surface area contributed by atoms with E-state index in [1.165, 1.54) is 22.4 Å². The van der Waals surface area contributed by atoms with Crippen molar-refractivity contribution in [1.29, 1.82) is 0 Å². The molecule has 1 atom stereocenters. The Bertz CT molecular complexity index is 586. The number of benzene rings is 1. The first-order valence-electron chi connectivity index (χ1n) is 7.10. The van der Waals surface area contributed by atoms with Crippen LogP contribution in [0.1, 0.15) is 41.0 Å². The number of nitrogens with one attached hydrogen (secondary N) is 1. The summed E-state index contributed by atoms with van der Waals surface area (Å²) in [6, 6.07) is 8.63. The molecular formula is C16H24N4. The Morgan fingerprint density at radius 1 is 1.35 bits per heavy atom. The average Bonchev–Trinajstić information content (AvgIpc) is 2.80. The molecule has 1 aromatic heterocycles. The lowest BCUT2D eigenvalue weighted by molar-refractivity contribution is 0.527. The highest BCUT2D eigenvalue weighted by Crippen LogP contribution is 2.23. The molecular weight excluding hydrogens is 248 g/mol. The van der Waals surface area contributed by atoms with Crippen LogP contribution in [0.25, 0.3) is 0 Å².